The Morgan fingerprint density at radius 3 is 3.00 bits per heavy atom. The van der Waals surface area contributed by atoms with Crippen LogP contribution in [0.25, 0.3) is 0 Å². The summed E-state index contributed by atoms with van der Waals surface area (Å²) in [6.45, 7) is 7.53. The third-order valence-corrected chi connectivity index (χ3v) is 3.64. The Morgan fingerprint density at radius 2 is 2.31 bits per heavy atom. The highest BCUT2D eigenvalue weighted by molar-refractivity contribution is 4.93. The minimum atomic E-state index is 0.542. The van der Waals surface area contributed by atoms with E-state index in [0.29, 0.717) is 12.1 Å². The third-order valence-electron chi connectivity index (χ3n) is 3.64. The van der Waals surface area contributed by atoms with Crippen LogP contribution in [0, 0.1) is 0 Å². The molecule has 0 amide bonds. The maximum atomic E-state index is 4.15. The number of rotatable bonds is 4. The molecule has 2 rings (SSSR count). The highest BCUT2D eigenvalue weighted by atomic mass is 15.3. The van der Waals surface area contributed by atoms with Gasteiger partial charge in [0.05, 0.1) is 6.54 Å². The maximum Gasteiger partial charge on any atom is 0.147 e. The number of aromatic nitrogens is 3. The number of nitrogens with zero attached hydrogens (tertiary/aromatic N) is 4. The molecule has 0 aromatic carbocycles. The Labute approximate surface area is 96.8 Å². The van der Waals surface area contributed by atoms with Crippen LogP contribution < -0.4 is 5.32 Å². The van der Waals surface area contributed by atoms with Crippen LogP contribution in [-0.4, -0.2) is 45.3 Å². The minimum absolute atomic E-state index is 0.542. The van der Waals surface area contributed by atoms with Gasteiger partial charge in [-0.05, 0) is 20.4 Å². The molecule has 1 aliphatic heterocycles. The Bertz CT molecular complexity index is 331. The second-order valence-electron chi connectivity index (χ2n) is 4.46. The first-order valence-corrected chi connectivity index (χ1v) is 6.04. The summed E-state index contributed by atoms with van der Waals surface area (Å²) in [4.78, 5) is 2.48. The van der Waals surface area contributed by atoms with Crippen LogP contribution in [0.3, 0.4) is 0 Å². The van der Waals surface area contributed by atoms with Crippen molar-refractivity contribution in [2.75, 3.05) is 13.6 Å². The van der Waals surface area contributed by atoms with Crippen molar-refractivity contribution in [2.45, 2.75) is 45.4 Å². The van der Waals surface area contributed by atoms with Gasteiger partial charge < -0.3 is 9.88 Å². The van der Waals surface area contributed by atoms with E-state index >= 15 is 0 Å². The Kier molecular flexibility index (Phi) is 3.56. The summed E-state index contributed by atoms with van der Waals surface area (Å²) >= 11 is 0. The summed E-state index contributed by atoms with van der Waals surface area (Å²) in [5.41, 5.74) is 0. The van der Waals surface area contributed by atoms with Crippen LogP contribution in [0.4, 0.5) is 0 Å². The number of likely N-dealkylation sites (N-methyl/N-ethyl adjacent to an activating group) is 1. The zero-order valence-corrected chi connectivity index (χ0v) is 10.3. The lowest BCUT2D eigenvalue weighted by molar-refractivity contribution is 0.132. The van der Waals surface area contributed by atoms with Gasteiger partial charge in [0, 0.05) is 25.2 Å². The van der Waals surface area contributed by atoms with Gasteiger partial charge in [0.1, 0.15) is 12.2 Å². The molecule has 1 N–H and O–H groups in total. The fourth-order valence-electron chi connectivity index (χ4n) is 2.47. The van der Waals surface area contributed by atoms with Gasteiger partial charge >= 0.3 is 0 Å². The molecule has 16 heavy (non-hydrogen) atoms. The molecule has 0 bridgehead atoms. The molecule has 0 saturated heterocycles. The van der Waals surface area contributed by atoms with Gasteiger partial charge in [-0.2, -0.15) is 0 Å². The predicted octanol–water partition coefficient (Wildman–Crippen LogP) is 0.480. The number of fused-ring (bicyclic) bond motifs is 1. The largest absolute Gasteiger partial charge is 0.315 e. The highest BCUT2D eigenvalue weighted by Gasteiger charge is 2.25. The molecule has 5 nitrogen and oxygen atoms in total. The second-order valence-corrected chi connectivity index (χ2v) is 4.46. The summed E-state index contributed by atoms with van der Waals surface area (Å²) in [6.07, 6.45) is 2.98. The summed E-state index contributed by atoms with van der Waals surface area (Å²) in [6, 6.07) is 1.09. The lowest BCUT2D eigenvalue weighted by atomic mass is 10.1. The van der Waals surface area contributed by atoms with E-state index in [1.165, 1.54) is 0 Å². The van der Waals surface area contributed by atoms with E-state index in [0.717, 1.165) is 31.9 Å². The highest BCUT2D eigenvalue weighted by Crippen LogP contribution is 2.15. The molecule has 0 fully saturated rings. The topological polar surface area (TPSA) is 46.0 Å². The molecular formula is C11H21N5. The molecule has 1 aromatic heterocycles. The van der Waals surface area contributed by atoms with E-state index in [4.69, 9.17) is 0 Å². The SMILES string of the molecule is CCC(NC)C(C)N1CCn2cnnc2C1. The van der Waals surface area contributed by atoms with Crippen LogP contribution in [0.1, 0.15) is 26.1 Å². The standard InChI is InChI=1S/C11H21N5/c1-4-10(12-3)9(2)15-5-6-16-8-13-14-11(16)7-15/h8-10,12H,4-7H2,1-3H3. The van der Waals surface area contributed by atoms with Crippen molar-refractivity contribution >= 4 is 0 Å². The maximum absolute atomic E-state index is 4.15. The zero-order chi connectivity index (χ0) is 11.5. The van der Waals surface area contributed by atoms with Crippen LogP contribution >= 0.6 is 0 Å². The molecule has 0 saturated carbocycles. The smallest absolute Gasteiger partial charge is 0.147 e. The van der Waals surface area contributed by atoms with Gasteiger partial charge in [-0.3, -0.25) is 4.90 Å². The zero-order valence-electron chi connectivity index (χ0n) is 10.3. The molecule has 0 spiro atoms. The summed E-state index contributed by atoms with van der Waals surface area (Å²) < 4.78 is 2.14. The molecule has 1 aliphatic rings. The minimum Gasteiger partial charge on any atom is -0.315 e. The van der Waals surface area contributed by atoms with E-state index in [2.05, 4.69) is 38.8 Å². The fourth-order valence-corrected chi connectivity index (χ4v) is 2.47. The number of hydrogen-bond acceptors (Lipinski definition) is 4. The second kappa shape index (κ2) is 4.93. The predicted molar refractivity (Wildman–Crippen MR) is 63.0 cm³/mol. The van der Waals surface area contributed by atoms with Crippen molar-refractivity contribution in [1.29, 1.82) is 0 Å². The van der Waals surface area contributed by atoms with Crippen molar-refractivity contribution in [3.63, 3.8) is 0 Å². The molecule has 0 aliphatic carbocycles. The van der Waals surface area contributed by atoms with E-state index in [1.807, 2.05) is 13.4 Å². The van der Waals surface area contributed by atoms with Crippen LogP contribution in [0.2, 0.25) is 0 Å². The van der Waals surface area contributed by atoms with E-state index in [9.17, 15) is 0 Å². The van der Waals surface area contributed by atoms with Gasteiger partial charge in [0.2, 0.25) is 0 Å². The first-order chi connectivity index (χ1) is 7.76. The van der Waals surface area contributed by atoms with E-state index < -0.39 is 0 Å². The van der Waals surface area contributed by atoms with Crippen LogP contribution in [-0.2, 0) is 13.1 Å². The molecule has 2 unspecified atom stereocenters. The Hall–Kier alpha value is -0.940. The number of hydrogen-bond donors (Lipinski definition) is 1. The molecule has 90 valence electrons. The first-order valence-electron chi connectivity index (χ1n) is 6.04. The average molecular weight is 223 g/mol. The molecule has 2 atom stereocenters. The van der Waals surface area contributed by atoms with Gasteiger partial charge in [0.25, 0.3) is 0 Å². The third kappa shape index (κ3) is 2.10. The lowest BCUT2D eigenvalue weighted by Crippen LogP contribution is -2.49. The normalized spacial score (nSPS) is 20.4. The average Bonchev–Trinajstić information content (AvgIpc) is 2.77. The molecule has 0 radical (unpaired) electrons. The summed E-state index contributed by atoms with van der Waals surface area (Å²) in [5.74, 6) is 1.09. The van der Waals surface area contributed by atoms with Crippen molar-refractivity contribution in [2.24, 2.45) is 0 Å². The van der Waals surface area contributed by atoms with Crippen LogP contribution in [0.5, 0.6) is 0 Å². The van der Waals surface area contributed by atoms with E-state index in [1.54, 1.807) is 0 Å². The van der Waals surface area contributed by atoms with Crippen molar-refractivity contribution < 1.29 is 0 Å². The fraction of sp³-hybridized carbons (Fsp3) is 0.818. The van der Waals surface area contributed by atoms with Crippen LogP contribution in [0.15, 0.2) is 6.33 Å². The molecular weight excluding hydrogens is 202 g/mol. The lowest BCUT2D eigenvalue weighted by Gasteiger charge is -2.36. The van der Waals surface area contributed by atoms with Gasteiger partial charge in [-0.15, -0.1) is 10.2 Å². The van der Waals surface area contributed by atoms with Crippen molar-refractivity contribution in [3.05, 3.63) is 12.2 Å². The summed E-state index contributed by atoms with van der Waals surface area (Å²) in [7, 11) is 2.04. The van der Waals surface area contributed by atoms with E-state index in [-0.39, 0.29) is 0 Å². The molecule has 1 aromatic rings. The monoisotopic (exact) mass is 223 g/mol. The Morgan fingerprint density at radius 1 is 1.50 bits per heavy atom. The summed E-state index contributed by atoms with van der Waals surface area (Å²) in [5, 5.41) is 11.5. The molecule has 5 heteroatoms. The van der Waals surface area contributed by atoms with Gasteiger partial charge in [0.15, 0.2) is 0 Å². The quantitative estimate of drug-likeness (QED) is 0.806. The van der Waals surface area contributed by atoms with Gasteiger partial charge in [-0.25, -0.2) is 0 Å². The first kappa shape index (κ1) is 11.5. The number of nitrogens with one attached hydrogen (secondary N) is 1. The molecule has 2 heterocycles. The van der Waals surface area contributed by atoms with Gasteiger partial charge in [-0.1, -0.05) is 6.92 Å². The Balaban J connectivity index is 2.02. The van der Waals surface area contributed by atoms with Crippen molar-refractivity contribution in [3.8, 4) is 0 Å². The van der Waals surface area contributed by atoms with Crippen molar-refractivity contribution in [1.82, 2.24) is 25.0 Å².